The van der Waals surface area contributed by atoms with Crippen LogP contribution in [-0.4, -0.2) is 37.0 Å². The summed E-state index contributed by atoms with van der Waals surface area (Å²) in [5, 5.41) is 2.30. The number of ether oxygens (including phenoxy) is 1. The molecule has 4 nitrogen and oxygen atoms in total. The number of alkyl halides is 3. The van der Waals surface area contributed by atoms with Crippen LogP contribution in [0.3, 0.4) is 0 Å². The van der Waals surface area contributed by atoms with Gasteiger partial charge in [0.05, 0.1) is 18.2 Å². The molecule has 0 aliphatic heterocycles. The largest absolute Gasteiger partial charge is 0.467 e. The number of rotatable bonds is 6. The lowest BCUT2D eigenvalue weighted by Crippen LogP contribution is -2.42. The third kappa shape index (κ3) is 4.94. The van der Waals surface area contributed by atoms with Gasteiger partial charge >= 0.3 is 12.1 Å². The molecule has 8 heteroatoms. The van der Waals surface area contributed by atoms with Gasteiger partial charge in [-0.1, -0.05) is 12.1 Å². The van der Waals surface area contributed by atoms with E-state index in [9.17, 15) is 22.8 Å². The average molecular weight is 335 g/mol. The fraction of sp³-hybridized carbons (Fsp3) is 0.429. The minimum absolute atomic E-state index is 0.272. The standard InChI is InChI=1S/C14H16F3NO3S/c1-21-13(20)11(7-8-22-2)18-12(19)9-5-3-4-6-10(9)14(15,16)17/h3-6,11H,7-8H2,1-2H3,(H,18,19). The van der Waals surface area contributed by atoms with Gasteiger partial charge in [0, 0.05) is 0 Å². The van der Waals surface area contributed by atoms with Crippen LogP contribution in [0.4, 0.5) is 13.2 Å². The Hall–Kier alpha value is -1.70. The molecule has 1 aromatic carbocycles. The lowest BCUT2D eigenvalue weighted by Gasteiger charge is -2.18. The highest BCUT2D eigenvalue weighted by atomic mass is 32.2. The second-order valence-electron chi connectivity index (χ2n) is 4.37. The zero-order valence-corrected chi connectivity index (χ0v) is 12.9. The molecular weight excluding hydrogens is 319 g/mol. The quantitative estimate of drug-likeness (QED) is 0.812. The maximum atomic E-state index is 12.9. The molecule has 0 spiro atoms. The monoisotopic (exact) mass is 335 g/mol. The number of hydrogen-bond acceptors (Lipinski definition) is 4. The lowest BCUT2D eigenvalue weighted by molar-refractivity contribution is -0.142. The number of esters is 1. The molecule has 0 fully saturated rings. The van der Waals surface area contributed by atoms with Gasteiger partial charge in [0.25, 0.3) is 5.91 Å². The summed E-state index contributed by atoms with van der Waals surface area (Å²) >= 11 is 1.45. The summed E-state index contributed by atoms with van der Waals surface area (Å²) in [6, 6.07) is 3.45. The van der Waals surface area contributed by atoms with Crippen molar-refractivity contribution in [3.63, 3.8) is 0 Å². The van der Waals surface area contributed by atoms with E-state index in [0.717, 1.165) is 19.2 Å². The van der Waals surface area contributed by atoms with Crippen LogP contribution in [0, 0.1) is 0 Å². The van der Waals surface area contributed by atoms with E-state index in [1.165, 1.54) is 23.9 Å². The molecule has 0 aliphatic rings. The Bertz CT molecular complexity index is 534. The molecule has 0 saturated carbocycles. The molecule has 1 rings (SSSR count). The number of amides is 1. The Morgan fingerprint density at radius 3 is 2.50 bits per heavy atom. The Labute approximate surface area is 130 Å². The van der Waals surface area contributed by atoms with E-state index >= 15 is 0 Å². The molecule has 22 heavy (non-hydrogen) atoms. The number of methoxy groups -OCH3 is 1. The lowest BCUT2D eigenvalue weighted by atomic mass is 10.1. The summed E-state index contributed by atoms with van der Waals surface area (Å²) in [7, 11) is 1.16. The highest BCUT2D eigenvalue weighted by Gasteiger charge is 2.35. The van der Waals surface area contributed by atoms with Crippen LogP contribution >= 0.6 is 11.8 Å². The van der Waals surface area contributed by atoms with E-state index in [-0.39, 0.29) is 6.42 Å². The first kappa shape index (κ1) is 18.3. The zero-order chi connectivity index (χ0) is 16.8. The van der Waals surface area contributed by atoms with E-state index in [0.29, 0.717) is 5.75 Å². The first-order chi connectivity index (χ1) is 10.3. The Balaban J connectivity index is 2.98. The van der Waals surface area contributed by atoms with Crippen LogP contribution in [-0.2, 0) is 15.7 Å². The fourth-order valence-corrected chi connectivity index (χ4v) is 2.26. The minimum Gasteiger partial charge on any atom is -0.467 e. The Kier molecular flexibility index (Phi) is 6.73. The van der Waals surface area contributed by atoms with Crippen molar-refractivity contribution in [2.75, 3.05) is 19.1 Å². The van der Waals surface area contributed by atoms with Crippen molar-refractivity contribution in [2.45, 2.75) is 18.6 Å². The normalized spacial score (nSPS) is 12.6. The van der Waals surface area contributed by atoms with Gasteiger partial charge in [0.1, 0.15) is 6.04 Å². The second-order valence-corrected chi connectivity index (χ2v) is 5.36. The molecule has 1 unspecified atom stereocenters. The molecule has 1 aromatic rings. The molecule has 1 N–H and O–H groups in total. The molecule has 0 bridgehead atoms. The van der Waals surface area contributed by atoms with Gasteiger partial charge in [-0.25, -0.2) is 4.79 Å². The number of hydrogen-bond donors (Lipinski definition) is 1. The SMILES string of the molecule is COC(=O)C(CCSC)NC(=O)c1ccccc1C(F)(F)F. The summed E-state index contributed by atoms with van der Waals surface area (Å²) in [6.07, 6.45) is -2.56. The summed E-state index contributed by atoms with van der Waals surface area (Å²) in [5.41, 5.74) is -1.56. The third-order valence-corrected chi connectivity index (χ3v) is 3.52. The maximum absolute atomic E-state index is 12.9. The summed E-state index contributed by atoms with van der Waals surface area (Å²) in [5.74, 6) is -1.09. The Morgan fingerprint density at radius 2 is 1.95 bits per heavy atom. The summed E-state index contributed by atoms with van der Waals surface area (Å²) in [4.78, 5) is 23.7. The first-order valence-electron chi connectivity index (χ1n) is 6.35. The van der Waals surface area contributed by atoms with Gasteiger partial charge < -0.3 is 10.1 Å². The van der Waals surface area contributed by atoms with E-state index < -0.39 is 35.2 Å². The van der Waals surface area contributed by atoms with Crippen molar-refractivity contribution in [2.24, 2.45) is 0 Å². The highest BCUT2D eigenvalue weighted by Crippen LogP contribution is 2.31. The summed E-state index contributed by atoms with van der Waals surface area (Å²) < 4.78 is 43.3. The van der Waals surface area contributed by atoms with Crippen molar-refractivity contribution in [3.8, 4) is 0 Å². The van der Waals surface area contributed by atoms with Crippen LogP contribution in [0.2, 0.25) is 0 Å². The van der Waals surface area contributed by atoms with Crippen molar-refractivity contribution in [1.82, 2.24) is 5.32 Å². The predicted octanol–water partition coefficient (Wildman–Crippen LogP) is 2.73. The van der Waals surface area contributed by atoms with E-state index in [1.807, 2.05) is 6.26 Å². The molecule has 1 atom stereocenters. The van der Waals surface area contributed by atoms with Crippen LogP contribution < -0.4 is 5.32 Å². The smallest absolute Gasteiger partial charge is 0.417 e. The van der Waals surface area contributed by atoms with E-state index in [1.54, 1.807) is 0 Å². The molecule has 122 valence electrons. The van der Waals surface area contributed by atoms with Gasteiger partial charge in [-0.3, -0.25) is 4.79 Å². The van der Waals surface area contributed by atoms with Crippen molar-refractivity contribution in [3.05, 3.63) is 35.4 Å². The van der Waals surface area contributed by atoms with Crippen LogP contribution in [0.1, 0.15) is 22.3 Å². The van der Waals surface area contributed by atoms with Crippen molar-refractivity contribution >= 4 is 23.6 Å². The van der Waals surface area contributed by atoms with Gasteiger partial charge in [-0.05, 0) is 30.6 Å². The van der Waals surface area contributed by atoms with Gasteiger partial charge in [0.15, 0.2) is 0 Å². The minimum atomic E-state index is -4.64. The third-order valence-electron chi connectivity index (χ3n) is 2.88. The molecule has 0 aromatic heterocycles. The topological polar surface area (TPSA) is 55.4 Å². The van der Waals surface area contributed by atoms with Crippen LogP contribution in [0.15, 0.2) is 24.3 Å². The number of carbonyl (C=O) groups is 2. The van der Waals surface area contributed by atoms with Crippen LogP contribution in [0.5, 0.6) is 0 Å². The first-order valence-corrected chi connectivity index (χ1v) is 7.74. The average Bonchev–Trinajstić information content (AvgIpc) is 2.49. The number of thioether (sulfide) groups is 1. The van der Waals surface area contributed by atoms with Gasteiger partial charge in [-0.2, -0.15) is 24.9 Å². The number of halogens is 3. The Morgan fingerprint density at radius 1 is 1.32 bits per heavy atom. The van der Waals surface area contributed by atoms with Gasteiger partial charge in [0.2, 0.25) is 0 Å². The number of nitrogens with one attached hydrogen (secondary N) is 1. The zero-order valence-electron chi connectivity index (χ0n) is 12.1. The molecule has 0 saturated heterocycles. The van der Waals surface area contributed by atoms with Gasteiger partial charge in [-0.15, -0.1) is 0 Å². The molecule has 0 heterocycles. The highest BCUT2D eigenvalue weighted by molar-refractivity contribution is 7.98. The fourth-order valence-electron chi connectivity index (χ4n) is 1.79. The summed E-state index contributed by atoms with van der Waals surface area (Å²) in [6.45, 7) is 0. The molecule has 0 aliphatic carbocycles. The number of benzene rings is 1. The van der Waals surface area contributed by atoms with E-state index in [4.69, 9.17) is 0 Å². The number of carbonyl (C=O) groups excluding carboxylic acids is 2. The van der Waals surface area contributed by atoms with Crippen molar-refractivity contribution < 1.29 is 27.5 Å². The van der Waals surface area contributed by atoms with Crippen LogP contribution in [0.25, 0.3) is 0 Å². The van der Waals surface area contributed by atoms with E-state index in [2.05, 4.69) is 10.1 Å². The maximum Gasteiger partial charge on any atom is 0.417 e. The molecule has 0 radical (unpaired) electrons. The van der Waals surface area contributed by atoms with Crippen molar-refractivity contribution in [1.29, 1.82) is 0 Å². The molecule has 1 amide bonds. The molecular formula is C14H16F3NO3S. The predicted molar refractivity (Wildman–Crippen MR) is 77.7 cm³/mol. The second kappa shape index (κ2) is 8.07.